The number of nitrogens with two attached hydrogens (primary N) is 1. The van der Waals surface area contributed by atoms with Crippen molar-refractivity contribution in [3.05, 3.63) is 30.6 Å². The molecule has 2 fully saturated rings. The van der Waals surface area contributed by atoms with Gasteiger partial charge in [0.25, 0.3) is 0 Å². The maximum absolute atomic E-state index is 6.09. The third-order valence-corrected chi connectivity index (χ3v) is 5.01. The van der Waals surface area contributed by atoms with Crippen molar-refractivity contribution in [2.45, 2.75) is 25.3 Å². The van der Waals surface area contributed by atoms with Gasteiger partial charge in [0.2, 0.25) is 0 Å². The second kappa shape index (κ2) is 5.19. The molecule has 0 amide bonds. The molecule has 21 heavy (non-hydrogen) atoms. The van der Waals surface area contributed by atoms with Crippen LogP contribution in [0.1, 0.15) is 19.3 Å². The zero-order valence-electron chi connectivity index (χ0n) is 12.3. The van der Waals surface area contributed by atoms with Gasteiger partial charge in [-0.2, -0.15) is 0 Å². The number of nitrogen functional groups attached to an aromatic ring is 1. The standard InChI is InChI=1S/C17H22N4/c18-16-4-5-17(14-6-7-19-11-15(14)16)21-10-9-20-8-2-1-3-13(20)12-21/h4-7,11,13H,1-3,8-10,12,18H2. The van der Waals surface area contributed by atoms with Crippen LogP contribution in [0.3, 0.4) is 0 Å². The average molecular weight is 282 g/mol. The van der Waals surface area contributed by atoms with E-state index in [1.807, 2.05) is 18.5 Å². The minimum absolute atomic E-state index is 0.724. The van der Waals surface area contributed by atoms with Crippen LogP contribution >= 0.6 is 0 Å². The molecule has 2 aromatic rings. The summed E-state index contributed by atoms with van der Waals surface area (Å²) in [4.78, 5) is 9.42. The number of piperazine rings is 1. The van der Waals surface area contributed by atoms with Gasteiger partial charge >= 0.3 is 0 Å². The summed E-state index contributed by atoms with van der Waals surface area (Å²) >= 11 is 0. The molecule has 0 spiro atoms. The van der Waals surface area contributed by atoms with Crippen molar-refractivity contribution in [2.24, 2.45) is 0 Å². The van der Waals surface area contributed by atoms with Crippen molar-refractivity contribution < 1.29 is 0 Å². The Labute approximate surface area is 125 Å². The fourth-order valence-corrected chi connectivity index (χ4v) is 3.85. The molecule has 2 aliphatic rings. The van der Waals surface area contributed by atoms with Gasteiger partial charge in [-0.1, -0.05) is 6.42 Å². The van der Waals surface area contributed by atoms with E-state index in [0.29, 0.717) is 0 Å². The molecule has 110 valence electrons. The Morgan fingerprint density at radius 3 is 2.95 bits per heavy atom. The number of pyridine rings is 1. The first kappa shape index (κ1) is 12.9. The van der Waals surface area contributed by atoms with Crippen LogP contribution < -0.4 is 10.6 Å². The number of piperidine rings is 1. The quantitative estimate of drug-likeness (QED) is 0.816. The van der Waals surface area contributed by atoms with Crippen LogP contribution in [0.2, 0.25) is 0 Å². The summed E-state index contributed by atoms with van der Waals surface area (Å²) in [5.74, 6) is 0. The van der Waals surface area contributed by atoms with Crippen molar-refractivity contribution in [2.75, 3.05) is 36.8 Å². The maximum Gasteiger partial charge on any atom is 0.0449 e. The number of anilines is 2. The Kier molecular flexibility index (Phi) is 3.19. The summed E-state index contributed by atoms with van der Waals surface area (Å²) in [6.07, 6.45) is 7.83. The van der Waals surface area contributed by atoms with Crippen LogP contribution in [0.4, 0.5) is 11.4 Å². The van der Waals surface area contributed by atoms with Crippen molar-refractivity contribution in [1.29, 1.82) is 0 Å². The molecule has 1 atom stereocenters. The highest BCUT2D eigenvalue weighted by molar-refractivity contribution is 6.00. The number of nitrogens with zero attached hydrogens (tertiary/aromatic N) is 3. The molecule has 1 aromatic heterocycles. The van der Waals surface area contributed by atoms with E-state index >= 15 is 0 Å². The molecule has 1 aromatic carbocycles. The fourth-order valence-electron chi connectivity index (χ4n) is 3.85. The minimum atomic E-state index is 0.724. The molecule has 0 radical (unpaired) electrons. The van der Waals surface area contributed by atoms with Crippen molar-refractivity contribution in [1.82, 2.24) is 9.88 Å². The number of rotatable bonds is 1. The highest BCUT2D eigenvalue weighted by Gasteiger charge is 2.29. The van der Waals surface area contributed by atoms with Crippen molar-refractivity contribution >= 4 is 22.1 Å². The smallest absolute Gasteiger partial charge is 0.0449 e. The molecule has 0 aliphatic carbocycles. The van der Waals surface area contributed by atoms with Gasteiger partial charge in [0, 0.05) is 60.2 Å². The first-order valence-electron chi connectivity index (χ1n) is 7.94. The molecule has 1 unspecified atom stereocenters. The van der Waals surface area contributed by atoms with E-state index < -0.39 is 0 Å². The predicted molar refractivity (Wildman–Crippen MR) is 87.6 cm³/mol. The summed E-state index contributed by atoms with van der Waals surface area (Å²) in [6, 6.07) is 7.01. The van der Waals surface area contributed by atoms with E-state index in [9.17, 15) is 0 Å². The van der Waals surface area contributed by atoms with E-state index in [2.05, 4.69) is 26.9 Å². The highest BCUT2D eigenvalue weighted by Crippen LogP contribution is 2.32. The molecule has 4 nitrogen and oxygen atoms in total. The van der Waals surface area contributed by atoms with Crippen LogP contribution in [0.5, 0.6) is 0 Å². The van der Waals surface area contributed by atoms with Crippen molar-refractivity contribution in [3.8, 4) is 0 Å². The minimum Gasteiger partial charge on any atom is -0.398 e. The molecule has 2 N–H and O–H groups in total. The number of benzene rings is 1. The lowest BCUT2D eigenvalue weighted by Crippen LogP contribution is -2.54. The Morgan fingerprint density at radius 1 is 1.05 bits per heavy atom. The van der Waals surface area contributed by atoms with Gasteiger partial charge < -0.3 is 10.6 Å². The second-order valence-corrected chi connectivity index (χ2v) is 6.23. The Balaban J connectivity index is 1.69. The van der Waals surface area contributed by atoms with Crippen LogP contribution in [-0.4, -0.2) is 42.1 Å². The van der Waals surface area contributed by atoms with Gasteiger partial charge in [-0.15, -0.1) is 0 Å². The molecule has 0 bridgehead atoms. The zero-order valence-corrected chi connectivity index (χ0v) is 12.3. The molecule has 2 saturated heterocycles. The summed E-state index contributed by atoms with van der Waals surface area (Å²) in [7, 11) is 0. The highest BCUT2D eigenvalue weighted by atomic mass is 15.3. The third-order valence-electron chi connectivity index (χ3n) is 5.01. The SMILES string of the molecule is Nc1ccc(N2CCN3CCCCC3C2)c2ccncc12. The van der Waals surface area contributed by atoms with Crippen LogP contribution in [0.15, 0.2) is 30.6 Å². The van der Waals surface area contributed by atoms with Gasteiger partial charge in [-0.05, 0) is 37.6 Å². The van der Waals surface area contributed by atoms with Crippen molar-refractivity contribution in [3.63, 3.8) is 0 Å². The van der Waals surface area contributed by atoms with Gasteiger partial charge in [-0.25, -0.2) is 0 Å². The number of aromatic nitrogens is 1. The molecule has 3 heterocycles. The molecule has 4 heteroatoms. The molecule has 4 rings (SSSR count). The number of fused-ring (bicyclic) bond motifs is 2. The molecule has 0 saturated carbocycles. The van der Waals surface area contributed by atoms with Gasteiger partial charge in [-0.3, -0.25) is 9.88 Å². The Morgan fingerprint density at radius 2 is 2.00 bits per heavy atom. The number of hydrogen-bond acceptors (Lipinski definition) is 4. The topological polar surface area (TPSA) is 45.4 Å². The van der Waals surface area contributed by atoms with E-state index in [0.717, 1.165) is 30.2 Å². The van der Waals surface area contributed by atoms with Crippen LogP contribution in [0.25, 0.3) is 10.8 Å². The lowest BCUT2D eigenvalue weighted by atomic mass is 9.98. The summed E-state index contributed by atoms with van der Waals surface area (Å²) < 4.78 is 0. The van der Waals surface area contributed by atoms with E-state index in [1.165, 1.54) is 43.4 Å². The van der Waals surface area contributed by atoms with Crippen LogP contribution in [-0.2, 0) is 0 Å². The lowest BCUT2D eigenvalue weighted by molar-refractivity contribution is 0.133. The van der Waals surface area contributed by atoms with Gasteiger partial charge in [0.1, 0.15) is 0 Å². The predicted octanol–water partition coefficient (Wildman–Crippen LogP) is 2.49. The summed E-state index contributed by atoms with van der Waals surface area (Å²) in [5.41, 5.74) is 8.22. The molecular formula is C17H22N4. The average Bonchev–Trinajstić information content (AvgIpc) is 2.55. The molecule has 2 aliphatic heterocycles. The zero-order chi connectivity index (χ0) is 14.2. The Hall–Kier alpha value is -1.81. The van der Waals surface area contributed by atoms with E-state index in [-0.39, 0.29) is 0 Å². The number of hydrogen-bond donors (Lipinski definition) is 1. The normalized spacial score (nSPS) is 23.2. The summed E-state index contributed by atoms with van der Waals surface area (Å²) in [5, 5.41) is 2.30. The van der Waals surface area contributed by atoms with Crippen LogP contribution in [0, 0.1) is 0 Å². The monoisotopic (exact) mass is 282 g/mol. The first-order valence-corrected chi connectivity index (χ1v) is 7.94. The van der Waals surface area contributed by atoms with Gasteiger partial charge in [0.05, 0.1) is 0 Å². The fraction of sp³-hybridized carbons (Fsp3) is 0.471. The maximum atomic E-state index is 6.09. The first-order chi connectivity index (χ1) is 10.3. The lowest BCUT2D eigenvalue weighted by Gasteiger charge is -2.45. The largest absolute Gasteiger partial charge is 0.398 e. The Bertz CT molecular complexity index is 654. The molecular weight excluding hydrogens is 260 g/mol. The third kappa shape index (κ3) is 2.23. The van der Waals surface area contributed by atoms with E-state index in [1.54, 1.807) is 0 Å². The second-order valence-electron chi connectivity index (χ2n) is 6.23. The van der Waals surface area contributed by atoms with E-state index in [4.69, 9.17) is 5.73 Å². The van der Waals surface area contributed by atoms with Gasteiger partial charge in [0.15, 0.2) is 0 Å². The summed E-state index contributed by atoms with van der Waals surface area (Å²) in [6.45, 7) is 4.71.